The molecule has 3 heterocycles. The smallest absolute Gasteiger partial charge is 0.355 e. The average Bonchev–Trinajstić information content (AvgIpc) is 2.80. The fraction of sp³-hybridized carbons (Fsp3) is 0.250. The number of nitrogen functional groups attached to an aromatic ring is 1. The van der Waals surface area contributed by atoms with Gasteiger partial charge in [-0.1, -0.05) is 35.3 Å². The van der Waals surface area contributed by atoms with E-state index in [2.05, 4.69) is 51.1 Å². The summed E-state index contributed by atoms with van der Waals surface area (Å²) in [5.41, 5.74) is 9.64. The molecule has 0 saturated heterocycles. The zero-order valence-corrected chi connectivity index (χ0v) is 20.2. The first-order valence-corrected chi connectivity index (χ1v) is 11.7. The molecule has 1 aliphatic rings. The molecule has 3 N–H and O–H groups in total. The van der Waals surface area contributed by atoms with Crippen LogP contribution >= 0.6 is 23.2 Å². The molecular formula is C24H23Cl2N7O. The maximum Gasteiger partial charge on any atom is 0.355 e. The number of hydrogen-bond donors (Lipinski definition) is 2. The normalized spacial score (nSPS) is 13.9. The Kier molecular flexibility index (Phi) is 5.89. The number of aromatic nitrogens is 4. The van der Waals surface area contributed by atoms with Gasteiger partial charge < -0.3 is 11.1 Å². The topological polar surface area (TPSA) is 102 Å². The molecule has 10 heteroatoms. The molecule has 0 radical (unpaired) electrons. The predicted octanol–water partition coefficient (Wildman–Crippen LogP) is 4.57. The van der Waals surface area contributed by atoms with Crippen molar-refractivity contribution in [2.45, 2.75) is 32.9 Å². The lowest BCUT2D eigenvalue weighted by Gasteiger charge is -2.32. The van der Waals surface area contributed by atoms with Crippen LogP contribution in [0.4, 0.5) is 17.5 Å². The first kappa shape index (κ1) is 22.6. The van der Waals surface area contributed by atoms with Crippen molar-refractivity contribution in [3.63, 3.8) is 0 Å². The molecule has 0 amide bonds. The van der Waals surface area contributed by atoms with Crippen molar-refractivity contribution in [3.8, 4) is 5.69 Å². The Morgan fingerprint density at radius 2 is 1.85 bits per heavy atom. The third kappa shape index (κ3) is 4.09. The number of halogens is 2. The molecular weight excluding hydrogens is 473 g/mol. The first-order chi connectivity index (χ1) is 16.3. The lowest BCUT2D eigenvalue weighted by Crippen LogP contribution is -2.35. The molecule has 34 heavy (non-hydrogen) atoms. The van der Waals surface area contributed by atoms with Crippen LogP contribution in [0.1, 0.15) is 25.0 Å². The number of fused-ring (bicyclic) bond motifs is 2. The monoisotopic (exact) mass is 495 g/mol. The molecule has 174 valence electrons. The number of rotatable bonds is 4. The van der Waals surface area contributed by atoms with Crippen molar-refractivity contribution < 1.29 is 0 Å². The molecule has 0 fully saturated rings. The van der Waals surface area contributed by atoms with Crippen LogP contribution in [0.2, 0.25) is 10.0 Å². The molecule has 0 unspecified atom stereocenters. The number of nitrogens with one attached hydrogen (secondary N) is 1. The summed E-state index contributed by atoms with van der Waals surface area (Å²) in [6, 6.07) is 11.7. The maximum absolute atomic E-state index is 12.8. The molecule has 1 aliphatic heterocycles. The molecule has 5 rings (SSSR count). The minimum absolute atomic E-state index is 0.110. The van der Waals surface area contributed by atoms with E-state index in [-0.39, 0.29) is 27.2 Å². The average molecular weight is 496 g/mol. The van der Waals surface area contributed by atoms with Gasteiger partial charge in [0, 0.05) is 31.0 Å². The van der Waals surface area contributed by atoms with Gasteiger partial charge in [-0.15, -0.1) is 0 Å². The molecule has 2 aromatic carbocycles. The van der Waals surface area contributed by atoms with E-state index in [1.54, 1.807) is 18.2 Å². The van der Waals surface area contributed by atoms with Gasteiger partial charge in [-0.05, 0) is 55.7 Å². The quantitative estimate of drug-likeness (QED) is 0.427. The molecule has 8 nitrogen and oxygen atoms in total. The van der Waals surface area contributed by atoms with Crippen LogP contribution in [-0.4, -0.2) is 37.0 Å². The van der Waals surface area contributed by atoms with Crippen LogP contribution in [0.15, 0.2) is 47.4 Å². The van der Waals surface area contributed by atoms with Crippen molar-refractivity contribution in [2.24, 2.45) is 0 Å². The Morgan fingerprint density at radius 3 is 2.59 bits per heavy atom. The van der Waals surface area contributed by atoms with E-state index >= 15 is 0 Å². The van der Waals surface area contributed by atoms with Gasteiger partial charge in [0.25, 0.3) is 0 Å². The Balaban J connectivity index is 1.49. The van der Waals surface area contributed by atoms with Gasteiger partial charge in [-0.2, -0.15) is 9.97 Å². The van der Waals surface area contributed by atoms with Gasteiger partial charge in [0.15, 0.2) is 5.65 Å². The van der Waals surface area contributed by atoms with Gasteiger partial charge in [-0.3, -0.25) is 4.90 Å². The summed E-state index contributed by atoms with van der Waals surface area (Å²) in [6.07, 6.45) is 2.57. The Bertz CT molecular complexity index is 1450. The van der Waals surface area contributed by atoms with Crippen LogP contribution in [0.25, 0.3) is 16.7 Å². The summed E-state index contributed by atoms with van der Waals surface area (Å²) in [7, 11) is 0. The Morgan fingerprint density at radius 1 is 1.09 bits per heavy atom. The number of nitrogens with two attached hydrogens (primary N) is 1. The summed E-state index contributed by atoms with van der Waals surface area (Å²) in [4.78, 5) is 28.2. The summed E-state index contributed by atoms with van der Waals surface area (Å²) >= 11 is 12.6. The highest BCUT2D eigenvalue weighted by Gasteiger charge is 2.20. The number of anilines is 3. The van der Waals surface area contributed by atoms with E-state index in [0.29, 0.717) is 17.4 Å². The number of para-hydroxylation sites is 1. The zero-order valence-electron chi connectivity index (χ0n) is 18.7. The number of benzene rings is 2. The standard InChI is InChI=1S/C24H23Cl2N7O/c1-13(2)32-9-8-14-6-7-16(10-15(14)12-32)29-23-28-11-17-21(27)33(24(34)31-22(17)30-23)20-18(25)4-3-5-19(20)26/h3-7,10-11,13H,8-9,12,27H2,1-2H3,(H,29,30,31,34). The van der Waals surface area contributed by atoms with Crippen LogP contribution < -0.4 is 16.7 Å². The molecule has 0 spiro atoms. The predicted molar refractivity (Wildman–Crippen MR) is 136 cm³/mol. The summed E-state index contributed by atoms with van der Waals surface area (Å²) in [5, 5.41) is 4.20. The van der Waals surface area contributed by atoms with Gasteiger partial charge in [0.1, 0.15) is 5.82 Å². The van der Waals surface area contributed by atoms with Gasteiger partial charge >= 0.3 is 5.69 Å². The third-order valence-electron chi connectivity index (χ3n) is 6.07. The van der Waals surface area contributed by atoms with Crippen LogP contribution in [0.3, 0.4) is 0 Å². The van der Waals surface area contributed by atoms with Crippen molar-refractivity contribution in [2.75, 3.05) is 17.6 Å². The van der Waals surface area contributed by atoms with E-state index in [1.807, 2.05) is 6.07 Å². The van der Waals surface area contributed by atoms with Crippen molar-refractivity contribution in [3.05, 3.63) is 74.3 Å². The maximum atomic E-state index is 12.8. The van der Waals surface area contributed by atoms with Crippen molar-refractivity contribution >= 4 is 51.7 Å². The van der Waals surface area contributed by atoms with Crippen molar-refractivity contribution in [1.82, 2.24) is 24.4 Å². The lowest BCUT2D eigenvalue weighted by molar-refractivity contribution is 0.203. The van der Waals surface area contributed by atoms with E-state index in [1.165, 1.54) is 21.9 Å². The highest BCUT2D eigenvalue weighted by atomic mass is 35.5. The largest absolute Gasteiger partial charge is 0.384 e. The second kappa shape index (κ2) is 8.87. The van der Waals surface area contributed by atoms with E-state index in [4.69, 9.17) is 28.9 Å². The zero-order chi connectivity index (χ0) is 24.0. The van der Waals surface area contributed by atoms with Gasteiger partial charge in [0.05, 0.1) is 21.1 Å². The molecule has 0 saturated carbocycles. The SMILES string of the molecule is CC(C)N1CCc2ccc(Nc3ncc4c(N)n(-c5c(Cl)cccc5Cl)c(=O)nc4n3)cc2C1. The summed E-state index contributed by atoms with van der Waals surface area (Å²) < 4.78 is 1.17. The van der Waals surface area contributed by atoms with E-state index in [9.17, 15) is 4.79 Å². The van der Waals surface area contributed by atoms with E-state index in [0.717, 1.165) is 25.2 Å². The molecule has 2 aromatic heterocycles. The van der Waals surface area contributed by atoms with E-state index < -0.39 is 5.69 Å². The fourth-order valence-electron chi connectivity index (χ4n) is 4.21. The highest BCUT2D eigenvalue weighted by Crippen LogP contribution is 2.31. The number of nitrogens with zero attached hydrogens (tertiary/aromatic N) is 5. The molecule has 0 atom stereocenters. The fourth-order valence-corrected chi connectivity index (χ4v) is 4.77. The van der Waals surface area contributed by atoms with Crippen LogP contribution in [0, 0.1) is 0 Å². The minimum atomic E-state index is -0.632. The third-order valence-corrected chi connectivity index (χ3v) is 6.68. The van der Waals surface area contributed by atoms with Gasteiger partial charge in [-0.25, -0.2) is 14.3 Å². The first-order valence-electron chi connectivity index (χ1n) is 10.9. The number of hydrogen-bond acceptors (Lipinski definition) is 7. The second-order valence-electron chi connectivity index (χ2n) is 8.54. The Labute approximate surface area is 206 Å². The molecule has 0 aliphatic carbocycles. The molecule has 4 aromatic rings. The van der Waals surface area contributed by atoms with Crippen molar-refractivity contribution in [1.29, 1.82) is 0 Å². The summed E-state index contributed by atoms with van der Waals surface area (Å²) in [5.74, 6) is 0.433. The Hall–Kier alpha value is -3.20. The van der Waals surface area contributed by atoms with Gasteiger partial charge in [0.2, 0.25) is 5.95 Å². The highest BCUT2D eigenvalue weighted by molar-refractivity contribution is 6.37. The summed E-state index contributed by atoms with van der Waals surface area (Å²) in [6.45, 7) is 6.39. The van der Waals surface area contributed by atoms with Crippen LogP contribution in [-0.2, 0) is 13.0 Å². The second-order valence-corrected chi connectivity index (χ2v) is 9.35. The minimum Gasteiger partial charge on any atom is -0.384 e. The van der Waals surface area contributed by atoms with Crippen LogP contribution in [0.5, 0.6) is 0 Å². The lowest BCUT2D eigenvalue weighted by atomic mass is 9.98. The molecule has 0 bridgehead atoms.